The van der Waals surface area contributed by atoms with Crippen molar-refractivity contribution < 1.29 is 22.0 Å². The largest absolute Gasteiger partial charge is 0.382 e. The molecule has 0 spiro atoms. The summed E-state index contributed by atoms with van der Waals surface area (Å²) in [7, 11) is -1.52. The first kappa shape index (κ1) is 28.6. The number of halogens is 2. The number of aromatic nitrogens is 1. The molecule has 0 aliphatic carbocycles. The Morgan fingerprint density at radius 3 is 2.27 bits per heavy atom. The second-order valence-corrected chi connectivity index (χ2v) is 13.1. The zero-order valence-corrected chi connectivity index (χ0v) is 23.8. The van der Waals surface area contributed by atoms with Crippen molar-refractivity contribution in [1.29, 1.82) is 0 Å². The number of hydrogen-bond acceptors (Lipinski definition) is 9. The summed E-state index contributed by atoms with van der Waals surface area (Å²) >= 11 is 0.923. The van der Waals surface area contributed by atoms with Crippen LogP contribution in [0.1, 0.15) is 33.6 Å². The molecule has 0 amide bonds. The molecule has 0 saturated carbocycles. The molecule has 2 aromatic carbocycles. The summed E-state index contributed by atoms with van der Waals surface area (Å²) in [6, 6.07) is 10.2. The van der Waals surface area contributed by atoms with Crippen molar-refractivity contribution in [2.24, 2.45) is 0 Å². The fourth-order valence-corrected chi connectivity index (χ4v) is 7.36. The zero-order valence-electron chi connectivity index (χ0n) is 22.1. The summed E-state index contributed by atoms with van der Waals surface area (Å²) in [6.07, 6.45) is 1.04. The molecule has 2 saturated heterocycles. The van der Waals surface area contributed by atoms with Crippen molar-refractivity contribution >= 4 is 38.1 Å². The summed E-state index contributed by atoms with van der Waals surface area (Å²) in [5.74, 6) is -2.92. The fourth-order valence-electron chi connectivity index (χ4n) is 4.98. The lowest BCUT2D eigenvalue weighted by molar-refractivity contribution is 0.103. The van der Waals surface area contributed by atoms with Crippen molar-refractivity contribution in [3.63, 3.8) is 0 Å². The number of rotatable bonds is 8. The molecule has 0 radical (unpaired) electrons. The second-order valence-electron chi connectivity index (χ2n) is 10.2. The van der Waals surface area contributed by atoms with Gasteiger partial charge in [-0.15, -0.1) is 0 Å². The highest BCUT2D eigenvalue weighted by Gasteiger charge is 2.31. The van der Waals surface area contributed by atoms with Crippen LogP contribution in [0.5, 0.6) is 0 Å². The molecule has 0 bridgehead atoms. The predicted octanol–water partition coefficient (Wildman–Crippen LogP) is 3.25. The SMILES string of the molecule is CN1CCN(Cc2ccc(S(=O)(=O)N3CCC(Nc4nc(N)c(C(=O)c5c(F)cccc5F)s4)CC3)cc2)CC1. The third-order valence-corrected chi connectivity index (χ3v) is 10.3. The van der Waals surface area contributed by atoms with Gasteiger partial charge in [-0.25, -0.2) is 22.2 Å². The fraction of sp³-hybridized carbons (Fsp3) is 0.407. The number of carbonyl (C=O) groups excluding carboxylic acids is 1. The Morgan fingerprint density at radius 2 is 1.65 bits per heavy atom. The molecule has 2 fully saturated rings. The lowest BCUT2D eigenvalue weighted by Gasteiger charge is -2.32. The molecule has 40 heavy (non-hydrogen) atoms. The number of thiazole rings is 1. The van der Waals surface area contributed by atoms with E-state index in [-0.39, 0.29) is 21.6 Å². The van der Waals surface area contributed by atoms with Gasteiger partial charge in [0.1, 0.15) is 22.3 Å². The number of ketones is 1. The number of anilines is 2. The third kappa shape index (κ3) is 6.18. The molecule has 3 aromatic rings. The maximum atomic E-state index is 14.1. The Balaban J connectivity index is 1.17. The van der Waals surface area contributed by atoms with E-state index in [1.54, 1.807) is 12.1 Å². The maximum Gasteiger partial charge on any atom is 0.243 e. The van der Waals surface area contributed by atoms with E-state index in [2.05, 4.69) is 27.1 Å². The zero-order chi connectivity index (χ0) is 28.4. The molecule has 0 unspecified atom stereocenters. The van der Waals surface area contributed by atoms with Crippen LogP contribution < -0.4 is 11.1 Å². The van der Waals surface area contributed by atoms with Gasteiger partial charge in [0.25, 0.3) is 0 Å². The normalized spacial score (nSPS) is 18.2. The molecule has 2 aliphatic heterocycles. The van der Waals surface area contributed by atoms with E-state index >= 15 is 0 Å². The van der Waals surface area contributed by atoms with Crippen LogP contribution in [0.2, 0.25) is 0 Å². The summed E-state index contributed by atoms with van der Waals surface area (Å²) in [4.78, 5) is 21.8. The maximum absolute atomic E-state index is 14.1. The van der Waals surface area contributed by atoms with Crippen LogP contribution >= 0.6 is 11.3 Å². The molecule has 9 nitrogen and oxygen atoms in total. The van der Waals surface area contributed by atoms with Gasteiger partial charge in [0, 0.05) is 51.9 Å². The van der Waals surface area contributed by atoms with Gasteiger partial charge >= 0.3 is 0 Å². The van der Waals surface area contributed by atoms with Crippen molar-refractivity contribution in [3.8, 4) is 0 Å². The van der Waals surface area contributed by atoms with Gasteiger partial charge in [-0.1, -0.05) is 29.5 Å². The first-order valence-corrected chi connectivity index (χ1v) is 15.4. The number of hydrogen-bond donors (Lipinski definition) is 2. The lowest BCUT2D eigenvalue weighted by atomic mass is 10.1. The van der Waals surface area contributed by atoms with E-state index in [9.17, 15) is 22.0 Å². The van der Waals surface area contributed by atoms with Crippen LogP contribution in [0.4, 0.5) is 19.7 Å². The van der Waals surface area contributed by atoms with Gasteiger partial charge in [-0.2, -0.15) is 4.31 Å². The van der Waals surface area contributed by atoms with Gasteiger partial charge in [-0.3, -0.25) is 9.69 Å². The molecule has 3 N–H and O–H groups in total. The molecule has 5 rings (SSSR count). The van der Waals surface area contributed by atoms with Gasteiger partial charge in [-0.05, 0) is 49.7 Å². The van der Waals surface area contributed by atoms with E-state index in [1.807, 2.05) is 12.1 Å². The van der Waals surface area contributed by atoms with Crippen LogP contribution in [0.15, 0.2) is 47.4 Å². The minimum absolute atomic E-state index is 0.0532. The first-order chi connectivity index (χ1) is 19.1. The highest BCUT2D eigenvalue weighted by molar-refractivity contribution is 7.89. The standard InChI is InChI=1S/C27H32F2N6O3S2/c1-33-13-15-34(16-14-33)17-18-5-7-20(8-6-18)40(37,38)35-11-9-19(10-12-35)31-27-32-26(30)25(39-27)24(36)23-21(28)3-2-4-22(23)29/h2-8,19H,9-17,30H2,1H3,(H,31,32). The van der Waals surface area contributed by atoms with E-state index < -0.39 is 33.0 Å². The van der Waals surface area contributed by atoms with Gasteiger partial charge in [0.15, 0.2) is 5.13 Å². The van der Waals surface area contributed by atoms with Crippen LogP contribution in [0.25, 0.3) is 0 Å². The highest BCUT2D eigenvalue weighted by Crippen LogP contribution is 2.31. The summed E-state index contributed by atoms with van der Waals surface area (Å²) in [5, 5.41) is 3.54. The molecule has 13 heteroatoms. The number of nitrogens with one attached hydrogen (secondary N) is 1. The first-order valence-electron chi connectivity index (χ1n) is 13.1. The van der Waals surface area contributed by atoms with Crippen LogP contribution in [-0.4, -0.2) is 85.6 Å². The number of nitrogens with zero attached hydrogens (tertiary/aromatic N) is 4. The summed E-state index contributed by atoms with van der Waals surface area (Å²) in [5.41, 5.74) is 6.32. The molecular formula is C27H32F2N6O3S2. The number of likely N-dealkylation sites (N-methyl/N-ethyl adjacent to an activating group) is 1. The molecule has 3 heterocycles. The molecule has 1 aromatic heterocycles. The highest BCUT2D eigenvalue weighted by atomic mass is 32.2. The number of nitrogen functional groups attached to an aromatic ring is 1. The predicted molar refractivity (Wildman–Crippen MR) is 151 cm³/mol. The smallest absolute Gasteiger partial charge is 0.243 e. The average molecular weight is 591 g/mol. The van der Waals surface area contributed by atoms with Gasteiger partial charge < -0.3 is 16.0 Å². The Bertz CT molecular complexity index is 1450. The number of carbonyl (C=O) groups is 1. The number of sulfonamides is 1. The Hall–Kier alpha value is -2.97. The Kier molecular flexibility index (Phi) is 8.47. The molecular weight excluding hydrogens is 558 g/mol. The van der Waals surface area contributed by atoms with Crippen LogP contribution in [-0.2, 0) is 16.6 Å². The van der Waals surface area contributed by atoms with Crippen molar-refractivity contribution in [2.45, 2.75) is 30.3 Å². The van der Waals surface area contributed by atoms with E-state index in [1.165, 1.54) is 10.4 Å². The number of piperazine rings is 1. The Morgan fingerprint density at radius 1 is 1.02 bits per heavy atom. The lowest BCUT2D eigenvalue weighted by Crippen LogP contribution is -2.43. The van der Waals surface area contributed by atoms with E-state index in [0.29, 0.717) is 31.1 Å². The minimum Gasteiger partial charge on any atom is -0.382 e. The van der Waals surface area contributed by atoms with Crippen molar-refractivity contribution in [1.82, 2.24) is 19.1 Å². The van der Waals surface area contributed by atoms with Crippen molar-refractivity contribution in [3.05, 3.63) is 70.1 Å². The minimum atomic E-state index is -3.63. The molecule has 214 valence electrons. The average Bonchev–Trinajstić information content (AvgIpc) is 3.30. The van der Waals surface area contributed by atoms with E-state index in [0.717, 1.165) is 61.8 Å². The van der Waals surface area contributed by atoms with Gasteiger partial charge in [0.05, 0.1) is 10.5 Å². The number of benzene rings is 2. The second kappa shape index (κ2) is 11.9. The molecule has 0 atom stereocenters. The monoisotopic (exact) mass is 590 g/mol. The van der Waals surface area contributed by atoms with Crippen LogP contribution in [0, 0.1) is 11.6 Å². The molecule has 2 aliphatic rings. The third-order valence-electron chi connectivity index (χ3n) is 7.39. The summed E-state index contributed by atoms with van der Waals surface area (Å²) in [6.45, 7) is 5.48. The quantitative estimate of drug-likeness (QED) is 0.385. The van der Waals surface area contributed by atoms with E-state index in [4.69, 9.17) is 5.73 Å². The number of piperidine rings is 1. The summed E-state index contributed by atoms with van der Waals surface area (Å²) < 4.78 is 56.2. The van der Waals surface area contributed by atoms with Crippen molar-refractivity contribution in [2.75, 3.05) is 57.4 Å². The van der Waals surface area contributed by atoms with Crippen LogP contribution in [0.3, 0.4) is 0 Å². The number of nitrogens with two attached hydrogens (primary N) is 1. The topological polar surface area (TPSA) is 112 Å². The van der Waals surface area contributed by atoms with Gasteiger partial charge in [0.2, 0.25) is 15.8 Å². The Labute approximate surface area is 236 Å².